The molecule has 0 unspecified atom stereocenters. The summed E-state index contributed by atoms with van der Waals surface area (Å²) in [5, 5.41) is 4.93. The van der Waals surface area contributed by atoms with Crippen LogP contribution in [0, 0.1) is 0 Å². The molecule has 0 aliphatic rings. The Morgan fingerprint density at radius 1 is 0.553 bits per heavy atom. The van der Waals surface area contributed by atoms with Gasteiger partial charge in [0, 0.05) is 28.2 Å². The van der Waals surface area contributed by atoms with Crippen molar-refractivity contribution in [1.29, 1.82) is 0 Å². The van der Waals surface area contributed by atoms with E-state index in [1.165, 1.54) is 5.56 Å². The molecule has 6 rings (SSSR count). The van der Waals surface area contributed by atoms with E-state index >= 15 is 0 Å². The molecule has 0 saturated heterocycles. The molecule has 4 heteroatoms. The lowest BCUT2D eigenvalue weighted by Crippen LogP contribution is -2.10. The highest BCUT2D eigenvalue weighted by atomic mass is 15.4. The maximum Gasteiger partial charge on any atom is 0.182 e. The summed E-state index contributed by atoms with van der Waals surface area (Å²) in [7, 11) is 0. The fourth-order valence-corrected chi connectivity index (χ4v) is 4.62. The molecule has 1 aromatic heterocycles. The molecule has 0 radical (unpaired) electrons. The lowest BCUT2D eigenvalue weighted by atomic mass is 10.1. The zero-order valence-corrected chi connectivity index (χ0v) is 21.3. The van der Waals surface area contributed by atoms with Gasteiger partial charge in [-0.15, -0.1) is 5.10 Å². The highest BCUT2D eigenvalue weighted by Crippen LogP contribution is 2.35. The van der Waals surface area contributed by atoms with Crippen LogP contribution in [-0.4, -0.2) is 14.8 Å². The smallest absolute Gasteiger partial charge is 0.182 e. The van der Waals surface area contributed by atoms with Crippen molar-refractivity contribution in [2.24, 2.45) is 0 Å². The highest BCUT2D eigenvalue weighted by molar-refractivity contribution is 5.77. The minimum absolute atomic E-state index is 0.704. The molecule has 0 atom stereocenters. The maximum absolute atomic E-state index is 4.94. The van der Waals surface area contributed by atoms with Crippen LogP contribution in [-0.2, 0) is 6.42 Å². The highest BCUT2D eigenvalue weighted by Gasteiger charge is 2.16. The third-order valence-electron chi connectivity index (χ3n) is 6.64. The monoisotopic (exact) mass is 492 g/mol. The van der Waals surface area contributed by atoms with Crippen molar-refractivity contribution in [3.63, 3.8) is 0 Å². The molecule has 6 aromatic rings. The van der Waals surface area contributed by atoms with E-state index in [1.807, 2.05) is 59.3 Å². The number of rotatable bonds is 7. The largest absolute Gasteiger partial charge is 0.311 e. The normalized spacial score (nSPS) is 10.9. The fourth-order valence-electron chi connectivity index (χ4n) is 4.62. The Bertz CT molecular complexity index is 1610. The lowest BCUT2D eigenvalue weighted by Gasteiger charge is -2.25. The van der Waals surface area contributed by atoms with E-state index in [0.29, 0.717) is 5.82 Å². The topological polar surface area (TPSA) is 34.0 Å². The fraction of sp³-hybridized carbons (Fsp3) is 0.0588. The van der Waals surface area contributed by atoms with Crippen LogP contribution >= 0.6 is 0 Å². The van der Waals surface area contributed by atoms with Crippen molar-refractivity contribution in [3.8, 4) is 28.5 Å². The Kier molecular flexibility index (Phi) is 6.52. The van der Waals surface area contributed by atoms with Crippen LogP contribution in [0.1, 0.15) is 12.5 Å². The molecule has 38 heavy (non-hydrogen) atoms. The van der Waals surface area contributed by atoms with Crippen LogP contribution in [0.5, 0.6) is 0 Å². The van der Waals surface area contributed by atoms with Crippen LogP contribution in [0.15, 0.2) is 140 Å². The zero-order valence-electron chi connectivity index (χ0n) is 21.3. The van der Waals surface area contributed by atoms with Crippen molar-refractivity contribution in [3.05, 3.63) is 145 Å². The van der Waals surface area contributed by atoms with E-state index < -0.39 is 0 Å². The number of benzene rings is 5. The van der Waals surface area contributed by atoms with E-state index in [4.69, 9.17) is 10.1 Å². The summed E-state index contributed by atoms with van der Waals surface area (Å²) in [4.78, 5) is 7.21. The molecular weight excluding hydrogens is 464 g/mol. The molecule has 0 aliphatic carbocycles. The standard InChI is InChI=1S/C34H28N4/c1-2-26-18-20-30(21-19-26)37(29-16-10-5-11-17-29)31-22-24-32(25-23-31)38-34(28-14-8-4-9-15-28)35-33(36-38)27-12-6-3-7-13-27/h3-25H,2H2,1H3. The van der Waals surface area contributed by atoms with Gasteiger partial charge in [-0.25, -0.2) is 9.67 Å². The number of para-hydroxylation sites is 1. The van der Waals surface area contributed by atoms with Crippen LogP contribution in [0.2, 0.25) is 0 Å². The SMILES string of the molecule is CCc1ccc(N(c2ccccc2)c2ccc(-n3nc(-c4ccccc4)nc3-c3ccccc3)cc2)cc1. The molecule has 0 spiro atoms. The van der Waals surface area contributed by atoms with Gasteiger partial charge in [-0.2, -0.15) is 0 Å². The third-order valence-corrected chi connectivity index (χ3v) is 6.64. The minimum atomic E-state index is 0.704. The van der Waals surface area contributed by atoms with E-state index in [2.05, 4.69) is 96.8 Å². The van der Waals surface area contributed by atoms with Gasteiger partial charge >= 0.3 is 0 Å². The summed E-state index contributed by atoms with van der Waals surface area (Å²) >= 11 is 0. The second-order valence-electron chi connectivity index (χ2n) is 9.11. The Hall–Kier alpha value is -4.96. The van der Waals surface area contributed by atoms with Crippen molar-refractivity contribution in [1.82, 2.24) is 14.8 Å². The molecule has 5 aromatic carbocycles. The molecule has 1 heterocycles. The molecule has 0 N–H and O–H groups in total. The van der Waals surface area contributed by atoms with Gasteiger partial charge in [0.1, 0.15) is 0 Å². The zero-order chi connectivity index (χ0) is 25.7. The lowest BCUT2D eigenvalue weighted by molar-refractivity contribution is 0.890. The Morgan fingerprint density at radius 2 is 1.05 bits per heavy atom. The van der Waals surface area contributed by atoms with E-state index in [0.717, 1.165) is 46.1 Å². The van der Waals surface area contributed by atoms with Gasteiger partial charge < -0.3 is 4.90 Å². The second kappa shape index (κ2) is 10.6. The Balaban J connectivity index is 1.42. The van der Waals surface area contributed by atoms with Gasteiger partial charge in [0.2, 0.25) is 0 Å². The van der Waals surface area contributed by atoms with E-state index in [-0.39, 0.29) is 0 Å². The van der Waals surface area contributed by atoms with Gasteiger partial charge in [-0.05, 0) is 60.5 Å². The van der Waals surface area contributed by atoms with Gasteiger partial charge in [0.25, 0.3) is 0 Å². The van der Waals surface area contributed by atoms with Crippen molar-refractivity contribution in [2.45, 2.75) is 13.3 Å². The number of aryl methyl sites for hydroxylation is 1. The Labute approximate surface area is 223 Å². The molecule has 0 bridgehead atoms. The third kappa shape index (κ3) is 4.72. The van der Waals surface area contributed by atoms with Crippen molar-refractivity contribution < 1.29 is 0 Å². The summed E-state index contributed by atoms with van der Waals surface area (Å²) in [5.74, 6) is 1.52. The summed E-state index contributed by atoms with van der Waals surface area (Å²) in [6.45, 7) is 2.18. The maximum atomic E-state index is 4.94. The quantitative estimate of drug-likeness (QED) is 0.224. The van der Waals surface area contributed by atoms with Gasteiger partial charge in [-0.1, -0.05) is 97.9 Å². The average Bonchev–Trinajstić information content (AvgIpc) is 3.45. The molecule has 0 fully saturated rings. The average molecular weight is 493 g/mol. The summed E-state index contributed by atoms with van der Waals surface area (Å²) in [6.07, 6.45) is 1.02. The first-order chi connectivity index (χ1) is 18.8. The van der Waals surface area contributed by atoms with Crippen LogP contribution in [0.4, 0.5) is 17.1 Å². The van der Waals surface area contributed by atoms with E-state index in [9.17, 15) is 0 Å². The van der Waals surface area contributed by atoms with Gasteiger partial charge in [0.05, 0.1) is 5.69 Å². The minimum Gasteiger partial charge on any atom is -0.311 e. The first-order valence-corrected chi connectivity index (χ1v) is 12.9. The first kappa shape index (κ1) is 23.4. The molecule has 4 nitrogen and oxygen atoms in total. The van der Waals surface area contributed by atoms with Crippen molar-refractivity contribution >= 4 is 17.1 Å². The molecular formula is C34H28N4. The van der Waals surface area contributed by atoms with Gasteiger partial charge in [0.15, 0.2) is 11.6 Å². The van der Waals surface area contributed by atoms with Crippen LogP contribution in [0.3, 0.4) is 0 Å². The van der Waals surface area contributed by atoms with E-state index in [1.54, 1.807) is 0 Å². The number of aromatic nitrogens is 3. The van der Waals surface area contributed by atoms with Crippen molar-refractivity contribution in [2.75, 3.05) is 4.90 Å². The first-order valence-electron chi connectivity index (χ1n) is 12.9. The van der Waals surface area contributed by atoms with Crippen LogP contribution in [0.25, 0.3) is 28.5 Å². The predicted molar refractivity (Wildman–Crippen MR) is 156 cm³/mol. The summed E-state index contributed by atoms with van der Waals surface area (Å²) in [5.41, 5.74) is 7.61. The molecule has 0 amide bonds. The molecule has 184 valence electrons. The number of anilines is 3. The predicted octanol–water partition coefficient (Wildman–Crippen LogP) is 8.63. The van der Waals surface area contributed by atoms with Gasteiger partial charge in [-0.3, -0.25) is 0 Å². The Morgan fingerprint density at radius 3 is 1.63 bits per heavy atom. The van der Waals surface area contributed by atoms with Crippen LogP contribution < -0.4 is 4.90 Å². The number of hydrogen-bond acceptors (Lipinski definition) is 3. The number of hydrogen-bond donors (Lipinski definition) is 0. The summed E-state index contributed by atoms with van der Waals surface area (Å²) in [6, 6.07) is 48.1. The molecule has 0 aliphatic heterocycles. The summed E-state index contributed by atoms with van der Waals surface area (Å²) < 4.78 is 1.93. The number of nitrogens with zero attached hydrogens (tertiary/aromatic N) is 4. The molecule has 0 saturated carbocycles. The second-order valence-corrected chi connectivity index (χ2v) is 9.11.